The average molecular weight is 467 g/mol. The van der Waals surface area contributed by atoms with Crippen LogP contribution in [0, 0.1) is 0 Å². The molecule has 1 aromatic carbocycles. The van der Waals surface area contributed by atoms with Crippen molar-refractivity contribution in [2.75, 3.05) is 27.0 Å². The number of hydroxylamine groups is 2. The summed E-state index contributed by atoms with van der Waals surface area (Å²) in [6.45, 7) is 9.98. The van der Waals surface area contributed by atoms with Gasteiger partial charge in [0.1, 0.15) is 11.4 Å². The predicted molar refractivity (Wildman–Crippen MR) is 123 cm³/mol. The van der Waals surface area contributed by atoms with Gasteiger partial charge in [-0.15, -0.1) is 5.06 Å². The number of carbonyl (C=O) groups is 2. The van der Waals surface area contributed by atoms with Crippen LogP contribution in [0.5, 0.6) is 5.75 Å². The Balaban J connectivity index is 2.15. The van der Waals surface area contributed by atoms with Crippen molar-refractivity contribution >= 4 is 12.1 Å². The number of nitrogens with one attached hydrogen (secondary N) is 1. The molecule has 9 nitrogen and oxygen atoms in total. The molecule has 1 saturated heterocycles. The highest BCUT2D eigenvalue weighted by molar-refractivity contribution is 5.95. The lowest BCUT2D eigenvalue weighted by atomic mass is 9.99. The summed E-state index contributed by atoms with van der Waals surface area (Å²) in [6, 6.07) is 3.00. The molecule has 33 heavy (non-hydrogen) atoms. The zero-order valence-electron chi connectivity index (χ0n) is 20.6. The van der Waals surface area contributed by atoms with Crippen LogP contribution in [0.4, 0.5) is 4.79 Å². The zero-order valence-corrected chi connectivity index (χ0v) is 20.6. The third-order valence-electron chi connectivity index (χ3n) is 5.27. The summed E-state index contributed by atoms with van der Waals surface area (Å²) in [5.74, 6) is 0.436. The average Bonchev–Trinajstić information content (AvgIpc) is 2.90. The number of ether oxygens (including phenoxy) is 3. The molecule has 1 aromatic rings. The topological polar surface area (TPSA) is 107 Å². The Morgan fingerprint density at radius 1 is 1.18 bits per heavy atom. The first-order chi connectivity index (χ1) is 15.6. The molecule has 0 spiro atoms. The quantitative estimate of drug-likeness (QED) is 0.444. The van der Waals surface area contributed by atoms with Gasteiger partial charge in [0.2, 0.25) is 0 Å². The van der Waals surface area contributed by atoms with Crippen molar-refractivity contribution in [3.63, 3.8) is 0 Å². The summed E-state index contributed by atoms with van der Waals surface area (Å²) in [4.78, 5) is 30.5. The van der Waals surface area contributed by atoms with Gasteiger partial charge in [-0.05, 0) is 69.7 Å². The van der Waals surface area contributed by atoms with Gasteiger partial charge in [0, 0.05) is 19.2 Å². The van der Waals surface area contributed by atoms with Gasteiger partial charge in [-0.1, -0.05) is 13.8 Å². The Morgan fingerprint density at radius 2 is 1.82 bits per heavy atom. The molecule has 1 amide bonds. The number of hydrogen-bond donors (Lipinski definition) is 2. The Kier molecular flexibility index (Phi) is 9.94. The second-order valence-electron chi connectivity index (χ2n) is 9.11. The lowest BCUT2D eigenvalue weighted by Crippen LogP contribution is -2.49. The van der Waals surface area contributed by atoms with E-state index in [9.17, 15) is 14.7 Å². The Hall–Kier alpha value is -2.36. The van der Waals surface area contributed by atoms with Gasteiger partial charge in [0.15, 0.2) is 6.79 Å². The number of methoxy groups -OCH3 is 1. The van der Waals surface area contributed by atoms with Crippen LogP contribution in [0.2, 0.25) is 0 Å². The second kappa shape index (κ2) is 12.2. The van der Waals surface area contributed by atoms with Gasteiger partial charge in [0.25, 0.3) is 5.91 Å². The molecule has 1 aliphatic rings. The molecule has 1 fully saturated rings. The molecule has 0 saturated carbocycles. The predicted octanol–water partition coefficient (Wildman–Crippen LogP) is 3.22. The van der Waals surface area contributed by atoms with Crippen molar-refractivity contribution in [3.8, 4) is 5.75 Å². The maximum Gasteiger partial charge on any atom is 0.528 e. The van der Waals surface area contributed by atoms with E-state index in [4.69, 9.17) is 19.0 Å². The molecule has 0 unspecified atom stereocenters. The highest BCUT2D eigenvalue weighted by atomic mass is 16.8. The molecule has 0 radical (unpaired) electrons. The fraction of sp³-hybridized carbons (Fsp3) is 0.667. The monoisotopic (exact) mass is 466 g/mol. The number of hydrogen-bond acceptors (Lipinski definition) is 8. The van der Waals surface area contributed by atoms with Crippen molar-refractivity contribution in [2.24, 2.45) is 0 Å². The number of aliphatic hydroxyl groups is 1. The first kappa shape index (κ1) is 26.9. The Morgan fingerprint density at radius 3 is 2.36 bits per heavy atom. The van der Waals surface area contributed by atoms with Crippen LogP contribution in [0.3, 0.4) is 0 Å². The lowest BCUT2D eigenvalue weighted by molar-refractivity contribution is -0.144. The summed E-state index contributed by atoms with van der Waals surface area (Å²) < 4.78 is 16.0. The second-order valence-corrected chi connectivity index (χ2v) is 9.11. The number of aliphatic hydroxyl groups excluding tert-OH is 1. The minimum atomic E-state index is -0.809. The third-order valence-corrected chi connectivity index (χ3v) is 5.27. The molecule has 9 heteroatoms. The van der Waals surface area contributed by atoms with E-state index in [0.717, 1.165) is 16.9 Å². The molecule has 2 N–H and O–H groups in total. The number of nitrogens with zero attached hydrogens (tertiary/aromatic N) is 1. The molecule has 186 valence electrons. The summed E-state index contributed by atoms with van der Waals surface area (Å²) in [5.41, 5.74) is 1.63. The van der Waals surface area contributed by atoms with E-state index in [1.807, 2.05) is 13.8 Å². The molecule has 2 atom stereocenters. The van der Waals surface area contributed by atoms with Crippen molar-refractivity contribution in [1.82, 2.24) is 10.4 Å². The minimum absolute atomic E-state index is 0.132. The first-order valence-corrected chi connectivity index (χ1v) is 11.5. The molecular weight excluding hydrogens is 428 g/mol. The van der Waals surface area contributed by atoms with E-state index < -0.39 is 23.9 Å². The van der Waals surface area contributed by atoms with Crippen LogP contribution in [-0.4, -0.2) is 67.0 Å². The van der Waals surface area contributed by atoms with E-state index in [1.54, 1.807) is 40.0 Å². The zero-order chi connectivity index (χ0) is 24.6. The molecule has 0 bridgehead atoms. The SMILES string of the molecule is CCc1cc(C(=O)N[C@@H]2CN(OC(=O)OC(C)(C)C)CCC[C@H]2O)cc(CC)c1OCOC. The van der Waals surface area contributed by atoms with Crippen molar-refractivity contribution < 1.29 is 33.7 Å². The van der Waals surface area contributed by atoms with Crippen LogP contribution >= 0.6 is 0 Å². The minimum Gasteiger partial charge on any atom is -0.467 e. The van der Waals surface area contributed by atoms with Gasteiger partial charge >= 0.3 is 6.16 Å². The van der Waals surface area contributed by atoms with Crippen LogP contribution in [-0.2, 0) is 27.2 Å². The maximum absolute atomic E-state index is 13.1. The number of aryl methyl sites for hydroxylation is 2. The van der Waals surface area contributed by atoms with Crippen LogP contribution in [0.1, 0.15) is 68.9 Å². The van der Waals surface area contributed by atoms with Gasteiger partial charge < -0.3 is 29.5 Å². The Bertz CT molecular complexity index is 781. The standard InChI is InChI=1S/C24H38N2O7/c1-7-16-12-18(13-17(8-2)21(16)31-15-30-6)22(28)25-19-14-26(11-9-10-20(19)27)33-23(29)32-24(3,4)5/h12-13,19-20,27H,7-11,14-15H2,1-6H3,(H,25,28)/t19-,20-/m1/s1. The highest BCUT2D eigenvalue weighted by Gasteiger charge is 2.30. The van der Waals surface area contributed by atoms with Gasteiger partial charge in [-0.25, -0.2) is 4.79 Å². The third kappa shape index (κ3) is 8.17. The fourth-order valence-electron chi connectivity index (χ4n) is 3.67. The lowest BCUT2D eigenvalue weighted by Gasteiger charge is -2.27. The summed E-state index contributed by atoms with van der Waals surface area (Å²) >= 11 is 0. The molecule has 1 heterocycles. The summed E-state index contributed by atoms with van der Waals surface area (Å²) in [6.07, 6.45) is 0.899. The van der Waals surface area contributed by atoms with Gasteiger partial charge in [-0.3, -0.25) is 4.79 Å². The van der Waals surface area contributed by atoms with Gasteiger partial charge in [0.05, 0.1) is 18.7 Å². The van der Waals surface area contributed by atoms with Crippen LogP contribution < -0.4 is 10.1 Å². The van der Waals surface area contributed by atoms with Crippen LogP contribution in [0.25, 0.3) is 0 Å². The highest BCUT2D eigenvalue weighted by Crippen LogP contribution is 2.28. The molecular formula is C24H38N2O7. The molecule has 0 aromatic heterocycles. The smallest absolute Gasteiger partial charge is 0.467 e. The number of amides is 1. The van der Waals surface area contributed by atoms with Crippen molar-refractivity contribution in [3.05, 3.63) is 28.8 Å². The van der Waals surface area contributed by atoms with E-state index in [-0.39, 0.29) is 19.2 Å². The van der Waals surface area contributed by atoms with E-state index in [1.165, 1.54) is 5.06 Å². The summed E-state index contributed by atoms with van der Waals surface area (Å²) in [5, 5.41) is 14.9. The maximum atomic E-state index is 13.1. The van der Waals surface area contributed by atoms with Crippen molar-refractivity contribution in [2.45, 2.75) is 78.0 Å². The van der Waals surface area contributed by atoms with E-state index in [0.29, 0.717) is 37.8 Å². The van der Waals surface area contributed by atoms with Gasteiger partial charge in [-0.2, -0.15) is 0 Å². The number of carbonyl (C=O) groups excluding carboxylic acids is 2. The van der Waals surface area contributed by atoms with E-state index in [2.05, 4.69) is 5.32 Å². The Labute approximate surface area is 196 Å². The molecule has 0 aliphatic carbocycles. The van der Waals surface area contributed by atoms with E-state index >= 15 is 0 Å². The summed E-state index contributed by atoms with van der Waals surface area (Å²) in [7, 11) is 1.56. The molecule has 2 rings (SSSR count). The first-order valence-electron chi connectivity index (χ1n) is 11.5. The normalized spacial score (nSPS) is 19.5. The van der Waals surface area contributed by atoms with Crippen molar-refractivity contribution in [1.29, 1.82) is 0 Å². The molecule has 1 aliphatic heterocycles. The number of benzene rings is 1. The van der Waals surface area contributed by atoms with Crippen LogP contribution in [0.15, 0.2) is 12.1 Å². The fourth-order valence-corrected chi connectivity index (χ4v) is 3.67. The number of rotatable bonds is 8. The largest absolute Gasteiger partial charge is 0.528 e.